The number of halogens is 1. The molecule has 0 saturated heterocycles. The molecule has 1 heterocycles. The summed E-state index contributed by atoms with van der Waals surface area (Å²) in [6.07, 6.45) is 1.54. The summed E-state index contributed by atoms with van der Waals surface area (Å²) < 4.78 is 5.29. The molecule has 1 saturated carbocycles. The Kier molecular flexibility index (Phi) is 5.86. The van der Waals surface area contributed by atoms with Crippen molar-refractivity contribution in [3.63, 3.8) is 0 Å². The van der Waals surface area contributed by atoms with Gasteiger partial charge in [-0.25, -0.2) is 4.79 Å². The molecule has 8 heteroatoms. The smallest absolute Gasteiger partial charge is 0.407 e. The van der Waals surface area contributed by atoms with Crippen LogP contribution in [0.4, 0.5) is 4.79 Å². The zero-order chi connectivity index (χ0) is 20.5. The Bertz CT molecular complexity index is 874. The molecule has 1 unspecified atom stereocenters. The Balaban J connectivity index is 1.55. The number of carbonyl (C=O) groups is 2. The second-order valence-electron chi connectivity index (χ2n) is 8.31. The molecule has 0 aliphatic heterocycles. The maximum atomic E-state index is 12.6. The van der Waals surface area contributed by atoms with Crippen molar-refractivity contribution in [3.8, 4) is 0 Å². The lowest BCUT2D eigenvalue weighted by Crippen LogP contribution is -2.55. The molecule has 152 valence electrons. The van der Waals surface area contributed by atoms with Crippen molar-refractivity contribution in [3.05, 3.63) is 35.0 Å². The predicted molar refractivity (Wildman–Crippen MR) is 110 cm³/mol. The highest BCUT2D eigenvalue weighted by Crippen LogP contribution is 2.22. The van der Waals surface area contributed by atoms with Crippen LogP contribution in [0, 0.1) is 0 Å². The van der Waals surface area contributed by atoms with E-state index in [1.807, 2.05) is 32.9 Å². The Hall–Kier alpha value is -2.25. The summed E-state index contributed by atoms with van der Waals surface area (Å²) in [4.78, 5) is 27.6. The van der Waals surface area contributed by atoms with Gasteiger partial charge in [0.25, 0.3) is 5.91 Å². The van der Waals surface area contributed by atoms with E-state index < -0.39 is 11.7 Å². The zero-order valence-electron chi connectivity index (χ0n) is 16.3. The quantitative estimate of drug-likeness (QED) is 0.626. The van der Waals surface area contributed by atoms with E-state index in [4.69, 9.17) is 22.1 Å². The third kappa shape index (κ3) is 5.17. The number of hydrogen-bond acceptors (Lipinski definition) is 4. The molecular formula is C20H27ClN4O3. The number of ether oxygens (including phenoxy) is 1. The van der Waals surface area contributed by atoms with Gasteiger partial charge >= 0.3 is 6.09 Å². The van der Waals surface area contributed by atoms with Crippen LogP contribution in [0.25, 0.3) is 10.9 Å². The average molecular weight is 407 g/mol. The van der Waals surface area contributed by atoms with Gasteiger partial charge in [0, 0.05) is 34.1 Å². The number of alkyl carbamates (subject to hydrolysis) is 1. The summed E-state index contributed by atoms with van der Waals surface area (Å²) in [5.41, 5.74) is 7.04. The Morgan fingerprint density at radius 3 is 2.64 bits per heavy atom. The van der Waals surface area contributed by atoms with Gasteiger partial charge in [-0.15, -0.1) is 0 Å². The molecule has 1 aliphatic carbocycles. The van der Waals surface area contributed by atoms with Crippen molar-refractivity contribution < 1.29 is 14.3 Å². The van der Waals surface area contributed by atoms with Crippen LogP contribution >= 0.6 is 11.6 Å². The molecule has 1 aromatic heterocycles. The SMILES string of the molecule is CC(C)(C)OC(=O)NC1CC[C@H](NC(=O)c2cc3cc(Cl)ccc3[nH]2)[C@H](N)C1. The maximum Gasteiger partial charge on any atom is 0.407 e. The molecule has 1 aromatic carbocycles. The minimum absolute atomic E-state index is 0.0618. The highest BCUT2D eigenvalue weighted by atomic mass is 35.5. The second kappa shape index (κ2) is 8.01. The minimum atomic E-state index is -0.540. The number of fused-ring (bicyclic) bond motifs is 1. The van der Waals surface area contributed by atoms with Crippen LogP contribution in [0.5, 0.6) is 0 Å². The minimum Gasteiger partial charge on any atom is -0.444 e. The molecule has 7 nitrogen and oxygen atoms in total. The van der Waals surface area contributed by atoms with E-state index in [0.29, 0.717) is 23.6 Å². The third-order valence-corrected chi connectivity index (χ3v) is 5.00. The fourth-order valence-electron chi connectivity index (χ4n) is 3.46. The zero-order valence-corrected chi connectivity index (χ0v) is 17.1. The van der Waals surface area contributed by atoms with E-state index in [-0.39, 0.29) is 24.0 Å². The van der Waals surface area contributed by atoms with Gasteiger partial charge in [0.15, 0.2) is 0 Å². The molecule has 1 fully saturated rings. The first kappa shape index (κ1) is 20.5. The molecular weight excluding hydrogens is 380 g/mol. The van der Waals surface area contributed by atoms with E-state index in [1.165, 1.54) is 0 Å². The van der Waals surface area contributed by atoms with Gasteiger partial charge in [-0.05, 0) is 64.3 Å². The monoisotopic (exact) mass is 406 g/mol. The summed E-state index contributed by atoms with van der Waals surface area (Å²) >= 11 is 6.00. The normalized spacial score (nSPS) is 22.7. The molecule has 3 atom stereocenters. The lowest BCUT2D eigenvalue weighted by atomic mass is 9.87. The van der Waals surface area contributed by atoms with E-state index >= 15 is 0 Å². The predicted octanol–water partition coefficient (Wildman–Crippen LogP) is 3.32. The largest absolute Gasteiger partial charge is 0.444 e. The van der Waals surface area contributed by atoms with Crippen molar-refractivity contribution >= 4 is 34.5 Å². The number of nitrogens with two attached hydrogens (primary N) is 1. The van der Waals surface area contributed by atoms with Crippen LogP contribution in [0.2, 0.25) is 5.02 Å². The van der Waals surface area contributed by atoms with Crippen molar-refractivity contribution in [2.24, 2.45) is 5.73 Å². The van der Waals surface area contributed by atoms with E-state index in [1.54, 1.807) is 12.1 Å². The number of amides is 2. The van der Waals surface area contributed by atoms with Crippen molar-refractivity contribution in [2.75, 3.05) is 0 Å². The number of benzene rings is 1. The van der Waals surface area contributed by atoms with Crippen LogP contribution in [-0.4, -0.2) is 40.7 Å². The Morgan fingerprint density at radius 2 is 1.96 bits per heavy atom. The molecule has 1 aliphatic rings. The van der Waals surface area contributed by atoms with Gasteiger partial charge in [0.05, 0.1) is 0 Å². The van der Waals surface area contributed by atoms with Crippen molar-refractivity contribution in [2.45, 2.75) is 63.8 Å². The molecule has 2 aromatic rings. The molecule has 5 N–H and O–H groups in total. The fourth-order valence-corrected chi connectivity index (χ4v) is 3.64. The summed E-state index contributed by atoms with van der Waals surface area (Å²) in [6.45, 7) is 5.47. The van der Waals surface area contributed by atoms with Crippen LogP contribution in [-0.2, 0) is 4.74 Å². The highest BCUT2D eigenvalue weighted by Gasteiger charge is 2.31. The van der Waals surface area contributed by atoms with Gasteiger partial charge in [-0.1, -0.05) is 11.6 Å². The lowest BCUT2D eigenvalue weighted by molar-refractivity contribution is 0.0484. The molecule has 0 bridgehead atoms. The van der Waals surface area contributed by atoms with Crippen LogP contribution in [0.15, 0.2) is 24.3 Å². The number of aromatic amines is 1. The maximum absolute atomic E-state index is 12.6. The third-order valence-electron chi connectivity index (χ3n) is 4.76. The van der Waals surface area contributed by atoms with Gasteiger partial charge in [-0.3, -0.25) is 4.79 Å². The van der Waals surface area contributed by atoms with E-state index in [9.17, 15) is 9.59 Å². The first-order chi connectivity index (χ1) is 13.1. The number of hydrogen-bond donors (Lipinski definition) is 4. The van der Waals surface area contributed by atoms with E-state index in [2.05, 4.69) is 15.6 Å². The molecule has 0 spiro atoms. The number of H-pyrrole nitrogens is 1. The van der Waals surface area contributed by atoms with E-state index in [0.717, 1.165) is 17.3 Å². The Morgan fingerprint density at radius 1 is 1.21 bits per heavy atom. The first-order valence-electron chi connectivity index (χ1n) is 9.45. The van der Waals surface area contributed by atoms with Crippen LogP contribution < -0.4 is 16.4 Å². The first-order valence-corrected chi connectivity index (χ1v) is 9.83. The number of aromatic nitrogens is 1. The average Bonchev–Trinajstić information content (AvgIpc) is 2.98. The number of carbonyl (C=O) groups excluding carboxylic acids is 2. The topological polar surface area (TPSA) is 109 Å². The summed E-state index contributed by atoms with van der Waals surface area (Å²) in [5.74, 6) is -0.202. The van der Waals surface area contributed by atoms with Crippen LogP contribution in [0.3, 0.4) is 0 Å². The van der Waals surface area contributed by atoms with Crippen molar-refractivity contribution in [1.29, 1.82) is 0 Å². The van der Waals surface area contributed by atoms with Crippen LogP contribution in [0.1, 0.15) is 50.5 Å². The van der Waals surface area contributed by atoms with Crippen molar-refractivity contribution in [1.82, 2.24) is 15.6 Å². The standard InChI is InChI=1S/C20H27ClN4O3/c1-20(2,3)28-19(27)23-13-5-7-16(14(22)10-13)25-18(26)17-9-11-8-12(21)4-6-15(11)24-17/h4,6,8-9,13-14,16,24H,5,7,10,22H2,1-3H3,(H,23,27)(H,25,26)/t13?,14-,16+/m1/s1. The number of nitrogens with one attached hydrogen (secondary N) is 3. The lowest BCUT2D eigenvalue weighted by Gasteiger charge is -2.35. The van der Waals surface area contributed by atoms with Gasteiger partial charge in [0.2, 0.25) is 0 Å². The summed E-state index contributed by atoms with van der Waals surface area (Å²) in [6, 6.07) is 6.73. The summed E-state index contributed by atoms with van der Waals surface area (Å²) in [5, 5.41) is 7.37. The molecule has 3 rings (SSSR count). The highest BCUT2D eigenvalue weighted by molar-refractivity contribution is 6.31. The molecule has 2 amide bonds. The number of rotatable bonds is 3. The molecule has 28 heavy (non-hydrogen) atoms. The Labute approximate surface area is 169 Å². The second-order valence-corrected chi connectivity index (χ2v) is 8.75. The summed E-state index contributed by atoms with van der Waals surface area (Å²) in [7, 11) is 0. The van der Waals surface area contributed by atoms with Gasteiger partial charge < -0.3 is 26.1 Å². The fraction of sp³-hybridized carbons (Fsp3) is 0.500. The van der Waals surface area contributed by atoms with Gasteiger partial charge in [-0.2, -0.15) is 0 Å². The molecule has 0 radical (unpaired) electrons. The van der Waals surface area contributed by atoms with Gasteiger partial charge in [0.1, 0.15) is 11.3 Å².